The van der Waals surface area contributed by atoms with E-state index in [1.54, 1.807) is 6.07 Å². The number of rotatable bonds is 3. The fourth-order valence-corrected chi connectivity index (χ4v) is 3.71. The van der Waals surface area contributed by atoms with Crippen molar-refractivity contribution in [3.05, 3.63) is 42.1 Å². The number of alkyl halides is 3. The first-order valence-corrected chi connectivity index (χ1v) is 7.95. The molecule has 0 bridgehead atoms. The van der Waals surface area contributed by atoms with Gasteiger partial charge in [-0.05, 0) is 24.1 Å². The first kappa shape index (κ1) is 14.9. The molecule has 0 aliphatic heterocycles. The molecule has 0 N–H and O–H groups in total. The molecule has 108 valence electrons. The maximum Gasteiger partial charge on any atom is 0.435 e. The number of hydrogen-bond acceptors (Lipinski definition) is 4. The van der Waals surface area contributed by atoms with Gasteiger partial charge in [0.1, 0.15) is 0 Å². The average Bonchev–Trinajstić information content (AvgIpc) is 2.84. The zero-order valence-electron chi connectivity index (χ0n) is 10.1. The number of benzene rings is 1. The summed E-state index contributed by atoms with van der Waals surface area (Å²) in [6.07, 6.45) is -3.25. The van der Waals surface area contributed by atoms with E-state index >= 15 is 0 Å². The van der Waals surface area contributed by atoms with Gasteiger partial charge in [0.2, 0.25) is 9.84 Å². The number of hydrogen-bond donors (Lipinski definition) is 0. The molecule has 1 aromatic heterocycles. The molecule has 1 aromatic carbocycles. The van der Waals surface area contributed by atoms with Crippen LogP contribution in [0.25, 0.3) is 0 Å². The molecule has 9 heteroatoms. The van der Waals surface area contributed by atoms with E-state index < -0.39 is 26.7 Å². The molecule has 0 aliphatic rings. The predicted molar refractivity (Wildman–Crippen MR) is 68.0 cm³/mol. The van der Waals surface area contributed by atoms with Crippen molar-refractivity contribution in [3.8, 4) is 0 Å². The Labute approximate surface area is 117 Å². The average molecular weight is 322 g/mol. The highest BCUT2D eigenvalue weighted by Crippen LogP contribution is 2.32. The van der Waals surface area contributed by atoms with E-state index in [1.165, 1.54) is 30.5 Å². The first-order chi connectivity index (χ1) is 9.26. The number of aromatic nitrogens is 2. The van der Waals surface area contributed by atoms with Gasteiger partial charge in [-0.15, -0.1) is 0 Å². The van der Waals surface area contributed by atoms with Crippen LogP contribution in [0, 0.1) is 0 Å². The lowest BCUT2D eigenvalue weighted by molar-refractivity contribution is -0.141. The Balaban J connectivity index is 2.61. The first-order valence-electron chi connectivity index (χ1n) is 5.28. The normalized spacial score (nSPS) is 12.6. The van der Waals surface area contributed by atoms with Crippen molar-refractivity contribution < 1.29 is 21.6 Å². The summed E-state index contributed by atoms with van der Waals surface area (Å²) in [6.45, 7) is 0. The van der Waals surface area contributed by atoms with Crippen LogP contribution in [0.2, 0.25) is 0 Å². The molecule has 2 aromatic rings. The fraction of sp³-hybridized carbons (Fsp3) is 0.182. The van der Waals surface area contributed by atoms with Crippen LogP contribution in [0.4, 0.5) is 13.2 Å². The Hall–Kier alpha value is -1.48. The van der Waals surface area contributed by atoms with Gasteiger partial charge in [0, 0.05) is 12.3 Å². The molecule has 0 fully saturated rings. The summed E-state index contributed by atoms with van der Waals surface area (Å²) >= 11 is 0.780. The van der Waals surface area contributed by atoms with Crippen LogP contribution >= 0.6 is 11.9 Å². The van der Waals surface area contributed by atoms with Crippen LogP contribution in [-0.2, 0) is 16.0 Å². The van der Waals surface area contributed by atoms with Gasteiger partial charge >= 0.3 is 6.18 Å². The Bertz CT molecular complexity index is 709. The van der Waals surface area contributed by atoms with Crippen molar-refractivity contribution >= 4 is 21.8 Å². The molecule has 0 saturated carbocycles. The van der Waals surface area contributed by atoms with E-state index in [4.69, 9.17) is 0 Å². The topological polar surface area (TPSA) is 52.0 Å². The molecular formula is C11H9F3N2O2S2. The third-order valence-electron chi connectivity index (χ3n) is 2.44. The smallest absolute Gasteiger partial charge is 0.217 e. The van der Waals surface area contributed by atoms with Crippen molar-refractivity contribution in [2.45, 2.75) is 16.1 Å². The van der Waals surface area contributed by atoms with E-state index in [9.17, 15) is 21.6 Å². The van der Waals surface area contributed by atoms with Crippen LogP contribution in [0.15, 0.2) is 46.3 Å². The second-order valence-electron chi connectivity index (χ2n) is 3.74. The molecule has 0 unspecified atom stereocenters. The van der Waals surface area contributed by atoms with Gasteiger partial charge in [0.25, 0.3) is 0 Å². The van der Waals surface area contributed by atoms with Gasteiger partial charge in [-0.3, -0.25) is 0 Å². The van der Waals surface area contributed by atoms with Gasteiger partial charge in [-0.2, -0.15) is 22.4 Å². The Morgan fingerprint density at radius 2 is 1.80 bits per heavy atom. The zero-order valence-corrected chi connectivity index (χ0v) is 11.8. The quantitative estimate of drug-likeness (QED) is 0.872. The molecule has 0 atom stereocenters. The Kier molecular flexibility index (Phi) is 3.83. The predicted octanol–water partition coefficient (Wildman–Crippen LogP) is 2.86. The third-order valence-corrected chi connectivity index (χ3v) is 4.91. The second-order valence-corrected chi connectivity index (χ2v) is 6.35. The van der Waals surface area contributed by atoms with Crippen molar-refractivity contribution in [1.29, 1.82) is 0 Å². The Morgan fingerprint density at radius 1 is 1.20 bits per heavy atom. The molecule has 0 radical (unpaired) electrons. The van der Waals surface area contributed by atoms with Crippen LogP contribution in [0.5, 0.6) is 0 Å². The summed E-state index contributed by atoms with van der Waals surface area (Å²) in [5.74, 6) is 0. The molecule has 0 amide bonds. The van der Waals surface area contributed by atoms with Crippen LogP contribution in [-0.4, -0.2) is 23.9 Å². The summed E-state index contributed by atoms with van der Waals surface area (Å²) in [5.41, 5.74) is -1.23. The highest BCUT2D eigenvalue weighted by molar-refractivity contribution is 7.98. The molecule has 4 nitrogen and oxygen atoms in total. The summed E-state index contributed by atoms with van der Waals surface area (Å²) in [5, 5.41) is 2.77. The van der Waals surface area contributed by atoms with Gasteiger partial charge < -0.3 is 0 Å². The van der Waals surface area contributed by atoms with Crippen molar-refractivity contribution in [2.75, 3.05) is 6.26 Å². The molecule has 0 spiro atoms. The van der Waals surface area contributed by atoms with Crippen molar-refractivity contribution in [1.82, 2.24) is 9.19 Å². The monoisotopic (exact) mass is 322 g/mol. The van der Waals surface area contributed by atoms with E-state index in [0.717, 1.165) is 16.0 Å². The minimum absolute atomic E-state index is 0.0797. The molecule has 20 heavy (non-hydrogen) atoms. The summed E-state index contributed by atoms with van der Waals surface area (Å²) < 4.78 is 63.3. The van der Waals surface area contributed by atoms with Gasteiger partial charge in [-0.1, -0.05) is 18.2 Å². The van der Waals surface area contributed by atoms with E-state index in [-0.39, 0.29) is 4.90 Å². The molecule has 0 saturated heterocycles. The molecule has 0 aliphatic carbocycles. The SMILES string of the molecule is CSn1nc(C(F)(F)F)cc1S(=O)(=O)c1ccccc1. The minimum atomic E-state index is -4.69. The van der Waals surface area contributed by atoms with E-state index in [1.807, 2.05) is 0 Å². The van der Waals surface area contributed by atoms with Crippen LogP contribution < -0.4 is 0 Å². The van der Waals surface area contributed by atoms with Crippen LogP contribution in [0.3, 0.4) is 0 Å². The summed E-state index contributed by atoms with van der Waals surface area (Å²) in [4.78, 5) is -0.0797. The highest BCUT2D eigenvalue weighted by Gasteiger charge is 2.37. The second kappa shape index (κ2) is 5.13. The molecule has 1 heterocycles. The zero-order chi connectivity index (χ0) is 15.0. The lowest BCUT2D eigenvalue weighted by Gasteiger charge is -2.04. The Morgan fingerprint density at radius 3 is 2.30 bits per heavy atom. The van der Waals surface area contributed by atoms with Gasteiger partial charge in [0.15, 0.2) is 10.7 Å². The fourth-order valence-electron chi connectivity index (χ4n) is 1.52. The van der Waals surface area contributed by atoms with E-state index in [2.05, 4.69) is 5.10 Å². The van der Waals surface area contributed by atoms with Crippen molar-refractivity contribution in [3.63, 3.8) is 0 Å². The van der Waals surface area contributed by atoms with E-state index in [0.29, 0.717) is 6.07 Å². The van der Waals surface area contributed by atoms with Crippen molar-refractivity contribution in [2.24, 2.45) is 0 Å². The van der Waals surface area contributed by atoms with Gasteiger partial charge in [0.05, 0.1) is 4.90 Å². The third kappa shape index (κ3) is 2.68. The van der Waals surface area contributed by atoms with Gasteiger partial charge in [-0.25, -0.2) is 8.42 Å². The lowest BCUT2D eigenvalue weighted by atomic mass is 10.4. The number of sulfone groups is 1. The number of nitrogens with zero attached hydrogens (tertiary/aromatic N) is 2. The maximum absolute atomic E-state index is 12.6. The summed E-state index contributed by atoms with van der Waals surface area (Å²) in [7, 11) is -4.04. The number of halogens is 3. The van der Waals surface area contributed by atoms with Crippen LogP contribution in [0.1, 0.15) is 5.69 Å². The highest BCUT2D eigenvalue weighted by atomic mass is 32.2. The maximum atomic E-state index is 12.6. The standard InChI is InChI=1S/C11H9F3N2O2S2/c1-19-16-10(7-9(15-16)11(12,13)14)20(17,18)8-5-3-2-4-6-8/h2-7H,1H3. The minimum Gasteiger partial charge on any atom is -0.217 e. The molecule has 2 rings (SSSR count). The summed E-state index contributed by atoms with van der Waals surface area (Å²) in [6, 6.07) is 7.79. The molecular weight excluding hydrogens is 313 g/mol. The largest absolute Gasteiger partial charge is 0.435 e. The lowest BCUT2D eigenvalue weighted by Crippen LogP contribution is -2.07.